The zero-order valence-electron chi connectivity index (χ0n) is 13.5. The molecule has 4 heteroatoms. The van der Waals surface area contributed by atoms with Gasteiger partial charge in [-0.1, -0.05) is 12.2 Å². The second kappa shape index (κ2) is 4.49. The highest BCUT2D eigenvalue weighted by Gasteiger charge is 2.56. The van der Waals surface area contributed by atoms with Crippen LogP contribution in [-0.2, 0) is 12.0 Å². The molecule has 0 saturated carbocycles. The fourth-order valence-electron chi connectivity index (χ4n) is 4.42. The van der Waals surface area contributed by atoms with Crippen LogP contribution in [0.1, 0.15) is 24.0 Å². The summed E-state index contributed by atoms with van der Waals surface area (Å²) in [5.41, 5.74) is 2.36. The third-order valence-electron chi connectivity index (χ3n) is 5.52. The summed E-state index contributed by atoms with van der Waals surface area (Å²) in [5.74, 6) is 1.62. The van der Waals surface area contributed by atoms with Crippen LogP contribution < -0.4 is 9.47 Å². The van der Waals surface area contributed by atoms with Gasteiger partial charge in [0.15, 0.2) is 11.5 Å². The van der Waals surface area contributed by atoms with Crippen molar-refractivity contribution in [2.24, 2.45) is 0 Å². The number of nitrogens with zero attached hydrogens (tertiary/aromatic N) is 1. The van der Waals surface area contributed by atoms with Crippen molar-refractivity contribution >= 4 is 0 Å². The molecule has 2 heterocycles. The van der Waals surface area contributed by atoms with Crippen molar-refractivity contribution < 1.29 is 19.1 Å². The van der Waals surface area contributed by atoms with Gasteiger partial charge < -0.3 is 19.1 Å². The van der Waals surface area contributed by atoms with E-state index in [9.17, 15) is 5.11 Å². The first-order chi connectivity index (χ1) is 10.5. The summed E-state index contributed by atoms with van der Waals surface area (Å²) in [6.07, 6.45) is 5.41. The lowest BCUT2D eigenvalue weighted by Gasteiger charge is -2.37. The molecule has 4 rings (SSSR count). The van der Waals surface area contributed by atoms with Crippen LogP contribution in [0.15, 0.2) is 24.3 Å². The van der Waals surface area contributed by atoms with Crippen molar-refractivity contribution in [2.75, 3.05) is 27.7 Å². The van der Waals surface area contributed by atoms with E-state index in [2.05, 4.69) is 32.3 Å². The normalized spacial score (nSPS) is 34.4. The van der Waals surface area contributed by atoms with Crippen LogP contribution >= 0.6 is 0 Å². The number of rotatable bonds is 1. The Morgan fingerprint density at radius 1 is 1.36 bits per heavy atom. The topological polar surface area (TPSA) is 38.7 Å². The van der Waals surface area contributed by atoms with Crippen LogP contribution in [0.2, 0.25) is 0 Å². The van der Waals surface area contributed by atoms with Crippen molar-refractivity contribution in [3.63, 3.8) is 0 Å². The number of hydrogen-bond acceptors (Lipinski definition) is 3. The number of hydrogen-bond donors (Lipinski definition) is 1. The van der Waals surface area contributed by atoms with Crippen LogP contribution in [0.5, 0.6) is 11.5 Å². The SMILES string of the molecule is COc1ccc2c3c1O[C@@H]1[C@H](O)CC=C[C@@]31CC[N+](C)(C)C2. The standard InChI is InChI=1S/C18H24NO3/c1-19(2)10-9-18-8-4-5-13(20)17(18)22-16-14(21-3)7-6-12(11-19)15(16)18/h4,6-8,13,17,20H,5,9-11H2,1-3H3/q+1/t13-,17-,18-/m1/s1. The summed E-state index contributed by atoms with van der Waals surface area (Å²) in [4.78, 5) is 0. The molecular formula is C18H24NO3+. The van der Waals surface area contributed by atoms with Crippen molar-refractivity contribution in [3.05, 3.63) is 35.4 Å². The number of ether oxygens (including phenoxy) is 2. The number of benzene rings is 1. The lowest BCUT2D eigenvalue weighted by Crippen LogP contribution is -2.48. The molecule has 1 aromatic rings. The maximum absolute atomic E-state index is 10.5. The molecule has 1 aromatic carbocycles. The summed E-state index contributed by atoms with van der Waals surface area (Å²) in [5, 5.41) is 10.5. The number of aliphatic hydroxyl groups excluding tert-OH is 1. The van der Waals surface area contributed by atoms with Gasteiger partial charge in [0.2, 0.25) is 0 Å². The van der Waals surface area contributed by atoms with Gasteiger partial charge in [-0.15, -0.1) is 0 Å². The molecule has 0 aromatic heterocycles. The molecule has 1 aliphatic carbocycles. The number of methoxy groups -OCH3 is 1. The fourth-order valence-corrected chi connectivity index (χ4v) is 4.42. The van der Waals surface area contributed by atoms with Gasteiger partial charge in [-0.3, -0.25) is 0 Å². The molecule has 3 aliphatic rings. The van der Waals surface area contributed by atoms with E-state index in [0.717, 1.165) is 35.5 Å². The van der Waals surface area contributed by atoms with Crippen LogP contribution in [0.3, 0.4) is 0 Å². The van der Waals surface area contributed by atoms with Crippen LogP contribution in [0, 0.1) is 0 Å². The molecule has 0 saturated heterocycles. The maximum Gasteiger partial charge on any atom is 0.166 e. The third kappa shape index (κ3) is 1.77. The quantitative estimate of drug-likeness (QED) is 0.637. The second-order valence-electron chi connectivity index (χ2n) is 7.48. The first kappa shape index (κ1) is 14.1. The lowest BCUT2D eigenvalue weighted by molar-refractivity contribution is -0.903. The average molecular weight is 302 g/mol. The number of aliphatic hydroxyl groups is 1. The van der Waals surface area contributed by atoms with E-state index in [1.165, 1.54) is 11.1 Å². The van der Waals surface area contributed by atoms with Gasteiger partial charge >= 0.3 is 0 Å². The molecule has 0 fully saturated rings. The van der Waals surface area contributed by atoms with E-state index in [1.807, 2.05) is 6.07 Å². The molecule has 0 bridgehead atoms. The predicted octanol–water partition coefficient (Wildman–Crippen LogP) is 1.99. The highest BCUT2D eigenvalue weighted by atomic mass is 16.5. The fraction of sp³-hybridized carbons (Fsp3) is 0.556. The van der Waals surface area contributed by atoms with E-state index >= 15 is 0 Å². The molecule has 4 nitrogen and oxygen atoms in total. The van der Waals surface area contributed by atoms with Gasteiger partial charge in [-0.25, -0.2) is 0 Å². The summed E-state index contributed by atoms with van der Waals surface area (Å²) < 4.78 is 12.7. The molecule has 0 radical (unpaired) electrons. The molecule has 3 atom stereocenters. The summed E-state index contributed by atoms with van der Waals surface area (Å²) >= 11 is 0. The zero-order chi connectivity index (χ0) is 15.5. The average Bonchev–Trinajstić information content (AvgIpc) is 2.78. The molecule has 0 amide bonds. The Labute approximate surface area is 131 Å². The maximum atomic E-state index is 10.5. The van der Waals surface area contributed by atoms with Crippen molar-refractivity contribution in [1.82, 2.24) is 0 Å². The largest absolute Gasteiger partial charge is 0.493 e. The number of quaternary nitrogens is 1. The highest BCUT2D eigenvalue weighted by Crippen LogP contribution is 2.56. The second-order valence-corrected chi connectivity index (χ2v) is 7.48. The smallest absolute Gasteiger partial charge is 0.166 e. The molecule has 0 unspecified atom stereocenters. The van der Waals surface area contributed by atoms with Gasteiger partial charge in [-0.2, -0.15) is 0 Å². The Kier molecular flexibility index (Phi) is 2.88. The van der Waals surface area contributed by atoms with Crippen molar-refractivity contribution in [1.29, 1.82) is 0 Å². The van der Waals surface area contributed by atoms with Gasteiger partial charge in [0, 0.05) is 17.5 Å². The van der Waals surface area contributed by atoms with E-state index < -0.39 is 6.10 Å². The lowest BCUT2D eigenvalue weighted by atomic mass is 9.68. The van der Waals surface area contributed by atoms with Crippen LogP contribution in [-0.4, -0.2) is 49.5 Å². The van der Waals surface area contributed by atoms with Crippen LogP contribution in [0.25, 0.3) is 0 Å². The Morgan fingerprint density at radius 3 is 2.95 bits per heavy atom. The van der Waals surface area contributed by atoms with Gasteiger partial charge in [-0.05, 0) is 18.6 Å². The van der Waals surface area contributed by atoms with Crippen LogP contribution in [0.4, 0.5) is 0 Å². The molecule has 22 heavy (non-hydrogen) atoms. The van der Waals surface area contributed by atoms with Crippen molar-refractivity contribution in [2.45, 2.75) is 37.0 Å². The minimum absolute atomic E-state index is 0.194. The third-order valence-corrected chi connectivity index (χ3v) is 5.52. The minimum atomic E-state index is -0.455. The minimum Gasteiger partial charge on any atom is -0.493 e. The molecule has 118 valence electrons. The monoisotopic (exact) mass is 302 g/mol. The van der Waals surface area contributed by atoms with Gasteiger partial charge in [0.1, 0.15) is 12.6 Å². The van der Waals surface area contributed by atoms with Gasteiger partial charge in [0.05, 0.1) is 39.3 Å². The highest BCUT2D eigenvalue weighted by molar-refractivity contribution is 5.60. The Hall–Kier alpha value is -1.52. The Balaban J connectivity index is 1.98. The van der Waals surface area contributed by atoms with E-state index in [-0.39, 0.29) is 11.5 Å². The summed E-state index contributed by atoms with van der Waals surface area (Å²) in [6.45, 7) is 2.04. The molecule has 1 N–H and O–H groups in total. The van der Waals surface area contributed by atoms with E-state index in [0.29, 0.717) is 6.42 Å². The first-order valence-electron chi connectivity index (χ1n) is 8.02. The summed E-state index contributed by atoms with van der Waals surface area (Å²) in [7, 11) is 6.22. The first-order valence-corrected chi connectivity index (χ1v) is 8.02. The Morgan fingerprint density at radius 2 is 2.18 bits per heavy atom. The molecule has 1 spiro atoms. The predicted molar refractivity (Wildman–Crippen MR) is 84.1 cm³/mol. The Bertz CT molecular complexity index is 652. The van der Waals surface area contributed by atoms with Crippen molar-refractivity contribution in [3.8, 4) is 11.5 Å². The van der Waals surface area contributed by atoms with E-state index in [1.54, 1.807) is 7.11 Å². The molecular weight excluding hydrogens is 278 g/mol. The molecule has 2 aliphatic heterocycles. The summed E-state index contributed by atoms with van der Waals surface area (Å²) in [6, 6.07) is 4.17. The van der Waals surface area contributed by atoms with Gasteiger partial charge in [0.25, 0.3) is 0 Å². The zero-order valence-corrected chi connectivity index (χ0v) is 13.5. The van der Waals surface area contributed by atoms with E-state index in [4.69, 9.17) is 9.47 Å².